The highest BCUT2D eigenvalue weighted by molar-refractivity contribution is 6.32. The average Bonchev–Trinajstić information content (AvgIpc) is 2.89. The maximum absolute atomic E-state index is 12.8. The van der Waals surface area contributed by atoms with Crippen LogP contribution in [0.5, 0.6) is 11.5 Å². The normalized spacial score (nSPS) is 15.5. The summed E-state index contributed by atoms with van der Waals surface area (Å²) in [7, 11) is 3.18. The lowest BCUT2D eigenvalue weighted by Crippen LogP contribution is -2.21. The molecule has 0 atom stereocenters. The van der Waals surface area contributed by atoms with Crippen molar-refractivity contribution in [1.29, 1.82) is 0 Å². The molecule has 2 aromatic rings. The Hall–Kier alpha value is -3.08. The zero-order valence-electron chi connectivity index (χ0n) is 14.7. The first-order chi connectivity index (χ1) is 12.0. The van der Waals surface area contributed by atoms with Gasteiger partial charge in [0, 0.05) is 0 Å². The zero-order valence-corrected chi connectivity index (χ0v) is 14.7. The van der Waals surface area contributed by atoms with E-state index in [0.717, 1.165) is 16.8 Å². The second-order valence-corrected chi connectivity index (χ2v) is 5.81. The van der Waals surface area contributed by atoms with Crippen molar-refractivity contribution in [2.45, 2.75) is 13.8 Å². The van der Waals surface area contributed by atoms with E-state index in [4.69, 9.17) is 9.47 Å². The van der Waals surface area contributed by atoms with E-state index in [0.29, 0.717) is 22.8 Å². The summed E-state index contributed by atoms with van der Waals surface area (Å²) in [6, 6.07) is 13.2. The number of carbonyl (C=O) groups is 1. The molecule has 0 saturated carbocycles. The second-order valence-electron chi connectivity index (χ2n) is 5.81. The van der Waals surface area contributed by atoms with Gasteiger partial charge in [0.2, 0.25) is 0 Å². The van der Waals surface area contributed by atoms with Crippen LogP contribution in [0, 0.1) is 6.92 Å². The summed E-state index contributed by atoms with van der Waals surface area (Å²) in [6.45, 7) is 3.82. The van der Waals surface area contributed by atoms with Gasteiger partial charge in [-0.25, -0.2) is 0 Å². The first-order valence-corrected chi connectivity index (χ1v) is 7.94. The summed E-state index contributed by atoms with van der Waals surface area (Å²) in [6.07, 6.45) is 1.82. The molecular weight excluding hydrogens is 316 g/mol. The lowest BCUT2D eigenvalue weighted by atomic mass is 10.1. The molecular formula is C20H20N2O3. The van der Waals surface area contributed by atoms with E-state index in [2.05, 4.69) is 5.10 Å². The Morgan fingerprint density at radius 2 is 1.76 bits per heavy atom. The van der Waals surface area contributed by atoms with E-state index in [9.17, 15) is 4.79 Å². The van der Waals surface area contributed by atoms with Crippen molar-refractivity contribution < 1.29 is 14.3 Å². The Kier molecular flexibility index (Phi) is 4.57. The molecule has 5 heteroatoms. The Bertz CT molecular complexity index is 884. The highest BCUT2D eigenvalue weighted by Crippen LogP contribution is 2.30. The van der Waals surface area contributed by atoms with Crippen molar-refractivity contribution in [2.24, 2.45) is 5.10 Å². The van der Waals surface area contributed by atoms with Gasteiger partial charge in [-0.15, -0.1) is 0 Å². The standard InChI is InChI=1S/C20H20N2O3/c1-13-6-5-7-16(10-13)22-20(23)17(14(2)21-22)11-15-8-9-18(24-3)19(12-15)25-4/h5-12H,1-4H3/b17-11+. The van der Waals surface area contributed by atoms with Crippen LogP contribution in [0.2, 0.25) is 0 Å². The van der Waals surface area contributed by atoms with E-state index < -0.39 is 0 Å². The van der Waals surface area contributed by atoms with Crippen molar-refractivity contribution in [3.05, 3.63) is 59.2 Å². The van der Waals surface area contributed by atoms with Crippen molar-refractivity contribution in [3.63, 3.8) is 0 Å². The number of benzene rings is 2. The van der Waals surface area contributed by atoms with Crippen LogP contribution in [0.1, 0.15) is 18.1 Å². The number of ether oxygens (including phenoxy) is 2. The van der Waals surface area contributed by atoms with Crippen LogP contribution in [-0.2, 0) is 4.79 Å². The molecule has 0 fully saturated rings. The number of amides is 1. The summed E-state index contributed by atoms with van der Waals surface area (Å²) in [5.74, 6) is 1.12. The van der Waals surface area contributed by atoms with Gasteiger partial charge in [0.25, 0.3) is 5.91 Å². The summed E-state index contributed by atoms with van der Waals surface area (Å²) < 4.78 is 10.6. The highest BCUT2D eigenvalue weighted by atomic mass is 16.5. The van der Waals surface area contributed by atoms with E-state index in [1.807, 2.05) is 62.4 Å². The lowest BCUT2D eigenvalue weighted by Gasteiger charge is -2.12. The number of anilines is 1. The van der Waals surface area contributed by atoms with E-state index in [1.165, 1.54) is 5.01 Å². The van der Waals surface area contributed by atoms with Gasteiger partial charge in [-0.1, -0.05) is 18.2 Å². The molecule has 1 heterocycles. The minimum absolute atomic E-state index is 0.141. The SMILES string of the molecule is COc1ccc(/C=C2/C(=O)N(c3cccc(C)c3)N=C2C)cc1OC. The topological polar surface area (TPSA) is 51.1 Å². The third-order valence-corrected chi connectivity index (χ3v) is 4.03. The molecule has 25 heavy (non-hydrogen) atoms. The van der Waals surface area contributed by atoms with Crippen LogP contribution in [0.3, 0.4) is 0 Å². The van der Waals surface area contributed by atoms with Gasteiger partial charge in [0.1, 0.15) is 0 Å². The number of nitrogens with zero attached hydrogens (tertiary/aromatic N) is 2. The quantitative estimate of drug-likeness (QED) is 0.798. The molecule has 1 aliphatic heterocycles. The van der Waals surface area contributed by atoms with Gasteiger partial charge < -0.3 is 9.47 Å². The molecule has 0 aliphatic carbocycles. The minimum Gasteiger partial charge on any atom is -0.493 e. The van der Waals surface area contributed by atoms with Crippen molar-refractivity contribution in [2.75, 3.05) is 19.2 Å². The van der Waals surface area contributed by atoms with Crippen LogP contribution in [0.25, 0.3) is 6.08 Å². The van der Waals surface area contributed by atoms with E-state index in [1.54, 1.807) is 14.2 Å². The smallest absolute Gasteiger partial charge is 0.280 e. The molecule has 0 N–H and O–H groups in total. The molecule has 0 radical (unpaired) electrons. The molecule has 0 aromatic heterocycles. The molecule has 0 unspecified atom stereocenters. The van der Waals surface area contributed by atoms with Gasteiger partial charge in [0.15, 0.2) is 11.5 Å². The first kappa shape index (κ1) is 16.8. The van der Waals surface area contributed by atoms with Gasteiger partial charge in [0.05, 0.1) is 31.2 Å². The fraction of sp³-hybridized carbons (Fsp3) is 0.200. The van der Waals surface area contributed by atoms with Crippen molar-refractivity contribution >= 4 is 23.4 Å². The highest BCUT2D eigenvalue weighted by Gasteiger charge is 2.28. The van der Waals surface area contributed by atoms with Gasteiger partial charge in [-0.05, 0) is 55.3 Å². The average molecular weight is 336 g/mol. The van der Waals surface area contributed by atoms with Crippen molar-refractivity contribution in [3.8, 4) is 11.5 Å². The van der Waals surface area contributed by atoms with E-state index >= 15 is 0 Å². The second kappa shape index (κ2) is 6.81. The summed E-state index contributed by atoms with van der Waals surface area (Å²) >= 11 is 0. The number of methoxy groups -OCH3 is 2. The molecule has 0 saturated heterocycles. The molecule has 1 amide bonds. The number of aryl methyl sites for hydroxylation is 1. The van der Waals surface area contributed by atoms with Crippen molar-refractivity contribution in [1.82, 2.24) is 0 Å². The summed E-state index contributed by atoms with van der Waals surface area (Å²) in [4.78, 5) is 12.8. The Morgan fingerprint density at radius 3 is 2.44 bits per heavy atom. The number of rotatable bonds is 4. The molecule has 3 rings (SSSR count). The number of carbonyl (C=O) groups excluding carboxylic acids is 1. The molecule has 5 nitrogen and oxygen atoms in total. The number of hydrazone groups is 1. The van der Waals surface area contributed by atoms with Crippen LogP contribution in [-0.4, -0.2) is 25.8 Å². The fourth-order valence-corrected chi connectivity index (χ4v) is 2.73. The van der Waals surface area contributed by atoms with Crippen LogP contribution < -0.4 is 14.5 Å². The lowest BCUT2D eigenvalue weighted by molar-refractivity contribution is -0.114. The fourth-order valence-electron chi connectivity index (χ4n) is 2.73. The molecule has 0 spiro atoms. The van der Waals surface area contributed by atoms with Gasteiger partial charge >= 0.3 is 0 Å². The maximum Gasteiger partial charge on any atom is 0.280 e. The van der Waals surface area contributed by atoms with Crippen LogP contribution >= 0.6 is 0 Å². The minimum atomic E-state index is -0.141. The predicted molar refractivity (Wildman–Crippen MR) is 99.3 cm³/mol. The van der Waals surface area contributed by atoms with Crippen LogP contribution in [0.4, 0.5) is 5.69 Å². The third kappa shape index (κ3) is 3.26. The maximum atomic E-state index is 12.8. The Balaban J connectivity index is 1.95. The largest absolute Gasteiger partial charge is 0.493 e. The van der Waals surface area contributed by atoms with Gasteiger partial charge in [-0.2, -0.15) is 10.1 Å². The first-order valence-electron chi connectivity index (χ1n) is 7.94. The molecule has 1 aliphatic rings. The zero-order chi connectivity index (χ0) is 18.0. The third-order valence-electron chi connectivity index (χ3n) is 4.03. The Morgan fingerprint density at radius 1 is 1.00 bits per heavy atom. The van der Waals surface area contributed by atoms with Crippen LogP contribution in [0.15, 0.2) is 53.1 Å². The number of hydrogen-bond acceptors (Lipinski definition) is 4. The molecule has 0 bridgehead atoms. The summed E-state index contributed by atoms with van der Waals surface area (Å²) in [5.41, 5.74) is 3.94. The monoisotopic (exact) mass is 336 g/mol. The Labute approximate surface area is 147 Å². The predicted octanol–water partition coefficient (Wildman–Crippen LogP) is 3.82. The molecule has 2 aromatic carbocycles. The molecule has 128 valence electrons. The van der Waals surface area contributed by atoms with Gasteiger partial charge in [-0.3, -0.25) is 4.79 Å². The number of hydrogen-bond donors (Lipinski definition) is 0. The van der Waals surface area contributed by atoms with E-state index in [-0.39, 0.29) is 5.91 Å². The summed E-state index contributed by atoms with van der Waals surface area (Å²) in [5, 5.41) is 5.85.